The Labute approximate surface area is 137 Å². The van der Waals surface area contributed by atoms with Crippen molar-refractivity contribution >= 4 is 0 Å². The van der Waals surface area contributed by atoms with Gasteiger partial charge in [-0.25, -0.2) is 9.97 Å². The molecule has 1 fully saturated rings. The van der Waals surface area contributed by atoms with Crippen molar-refractivity contribution in [2.75, 3.05) is 19.6 Å². The smallest absolute Gasteiger partial charge is 0.120 e. The second-order valence-electron chi connectivity index (χ2n) is 6.03. The zero-order valence-corrected chi connectivity index (χ0v) is 13.6. The number of rotatable bonds is 6. The number of aromatic nitrogens is 2. The number of benzene rings is 1. The van der Waals surface area contributed by atoms with Crippen LogP contribution >= 0.6 is 0 Å². The van der Waals surface area contributed by atoms with Gasteiger partial charge in [0.2, 0.25) is 0 Å². The number of hydrogen-bond acceptors (Lipinski definition) is 5. The highest BCUT2D eigenvalue weighted by Gasteiger charge is 2.22. The standard InChI is InChI=1S/C18H24N4O/c1-2-22-7-3-4-17(22)12-19-9-15-8-14(5-6-18(15)23)16-10-20-13-21-11-16/h5-6,8,10-11,13,17,19,23H,2-4,7,9,12H2,1H3/t17-/m1/s1. The van der Waals surface area contributed by atoms with Crippen molar-refractivity contribution in [3.8, 4) is 16.9 Å². The number of nitrogens with zero attached hydrogens (tertiary/aromatic N) is 3. The van der Waals surface area contributed by atoms with Crippen molar-refractivity contribution in [1.82, 2.24) is 20.2 Å². The summed E-state index contributed by atoms with van der Waals surface area (Å²) in [7, 11) is 0. The zero-order chi connectivity index (χ0) is 16.1. The lowest BCUT2D eigenvalue weighted by Gasteiger charge is -2.23. The van der Waals surface area contributed by atoms with Gasteiger partial charge in [-0.1, -0.05) is 13.0 Å². The van der Waals surface area contributed by atoms with E-state index >= 15 is 0 Å². The Bertz CT molecular complexity index is 632. The molecule has 3 rings (SSSR count). The molecule has 1 aliphatic rings. The second-order valence-corrected chi connectivity index (χ2v) is 6.03. The summed E-state index contributed by atoms with van der Waals surface area (Å²) < 4.78 is 0. The molecule has 0 spiro atoms. The SMILES string of the molecule is CCN1CCC[C@@H]1CNCc1cc(-c2cncnc2)ccc1O. The van der Waals surface area contributed by atoms with E-state index in [2.05, 4.69) is 27.1 Å². The van der Waals surface area contributed by atoms with Gasteiger partial charge in [0.25, 0.3) is 0 Å². The number of nitrogens with one attached hydrogen (secondary N) is 1. The maximum atomic E-state index is 10.1. The van der Waals surface area contributed by atoms with E-state index in [0.717, 1.165) is 29.8 Å². The van der Waals surface area contributed by atoms with E-state index in [1.54, 1.807) is 18.5 Å². The summed E-state index contributed by atoms with van der Waals surface area (Å²) in [6.07, 6.45) is 7.64. The van der Waals surface area contributed by atoms with Crippen LogP contribution in [0, 0.1) is 0 Å². The number of likely N-dealkylation sites (tertiary alicyclic amines) is 1. The first-order valence-corrected chi connectivity index (χ1v) is 8.30. The van der Waals surface area contributed by atoms with Crippen LogP contribution in [0.15, 0.2) is 36.9 Å². The average Bonchev–Trinajstić information content (AvgIpc) is 3.05. The summed E-state index contributed by atoms with van der Waals surface area (Å²) >= 11 is 0. The topological polar surface area (TPSA) is 61.3 Å². The van der Waals surface area contributed by atoms with E-state index in [-0.39, 0.29) is 0 Å². The van der Waals surface area contributed by atoms with Crippen molar-refractivity contribution in [3.63, 3.8) is 0 Å². The minimum atomic E-state index is 0.330. The molecule has 0 unspecified atom stereocenters. The predicted molar refractivity (Wildman–Crippen MR) is 91.1 cm³/mol. The molecule has 0 bridgehead atoms. The molecule has 2 N–H and O–H groups in total. The van der Waals surface area contributed by atoms with E-state index < -0.39 is 0 Å². The molecule has 23 heavy (non-hydrogen) atoms. The van der Waals surface area contributed by atoms with Gasteiger partial charge >= 0.3 is 0 Å². The summed E-state index contributed by atoms with van der Waals surface area (Å²) in [6, 6.07) is 6.27. The molecule has 2 heterocycles. The van der Waals surface area contributed by atoms with Crippen molar-refractivity contribution in [1.29, 1.82) is 0 Å². The monoisotopic (exact) mass is 312 g/mol. The normalized spacial score (nSPS) is 18.4. The molecule has 1 aliphatic heterocycles. The molecule has 2 aromatic rings. The largest absolute Gasteiger partial charge is 0.508 e. The minimum absolute atomic E-state index is 0.330. The maximum Gasteiger partial charge on any atom is 0.120 e. The van der Waals surface area contributed by atoms with Gasteiger partial charge in [-0.3, -0.25) is 4.90 Å². The number of hydrogen-bond donors (Lipinski definition) is 2. The molecule has 1 aromatic carbocycles. The van der Waals surface area contributed by atoms with Crippen LogP contribution in [0.25, 0.3) is 11.1 Å². The summed E-state index contributed by atoms with van der Waals surface area (Å²) in [5.74, 6) is 0.330. The Hall–Kier alpha value is -1.98. The van der Waals surface area contributed by atoms with E-state index in [9.17, 15) is 5.11 Å². The Morgan fingerprint density at radius 1 is 1.26 bits per heavy atom. The van der Waals surface area contributed by atoms with Gasteiger partial charge in [-0.2, -0.15) is 0 Å². The lowest BCUT2D eigenvalue weighted by molar-refractivity contribution is 0.259. The fourth-order valence-electron chi connectivity index (χ4n) is 3.27. The predicted octanol–water partition coefficient (Wildman–Crippen LogP) is 2.42. The molecule has 5 heteroatoms. The van der Waals surface area contributed by atoms with Gasteiger partial charge in [0.1, 0.15) is 12.1 Å². The van der Waals surface area contributed by atoms with Gasteiger partial charge in [0, 0.05) is 42.7 Å². The molecule has 0 amide bonds. The first kappa shape index (κ1) is 15.9. The Balaban J connectivity index is 1.63. The Kier molecular flexibility index (Phi) is 5.20. The fourth-order valence-corrected chi connectivity index (χ4v) is 3.27. The van der Waals surface area contributed by atoms with E-state index in [4.69, 9.17) is 0 Å². The molecular weight excluding hydrogens is 288 g/mol. The molecule has 1 aromatic heterocycles. The van der Waals surface area contributed by atoms with Gasteiger partial charge < -0.3 is 10.4 Å². The lowest BCUT2D eigenvalue weighted by Crippen LogP contribution is -2.37. The van der Waals surface area contributed by atoms with Crippen molar-refractivity contribution in [3.05, 3.63) is 42.5 Å². The van der Waals surface area contributed by atoms with Crippen molar-refractivity contribution in [2.45, 2.75) is 32.4 Å². The number of phenols is 1. The molecule has 0 radical (unpaired) electrons. The van der Waals surface area contributed by atoms with Crippen LogP contribution in [0.1, 0.15) is 25.3 Å². The highest BCUT2D eigenvalue weighted by molar-refractivity contribution is 5.63. The lowest BCUT2D eigenvalue weighted by atomic mass is 10.0. The molecule has 1 saturated heterocycles. The highest BCUT2D eigenvalue weighted by Crippen LogP contribution is 2.25. The van der Waals surface area contributed by atoms with Crippen LogP contribution in [0.5, 0.6) is 5.75 Å². The van der Waals surface area contributed by atoms with E-state index in [1.165, 1.54) is 25.7 Å². The highest BCUT2D eigenvalue weighted by atomic mass is 16.3. The van der Waals surface area contributed by atoms with Gasteiger partial charge in [-0.05, 0) is 43.6 Å². The molecule has 0 aliphatic carbocycles. The summed E-state index contributed by atoms with van der Waals surface area (Å²) in [5.41, 5.74) is 2.89. The van der Waals surface area contributed by atoms with Crippen LogP contribution in [0.3, 0.4) is 0 Å². The number of aromatic hydroxyl groups is 1. The van der Waals surface area contributed by atoms with Crippen LogP contribution in [-0.4, -0.2) is 45.7 Å². The molecular formula is C18H24N4O. The average molecular weight is 312 g/mol. The second kappa shape index (κ2) is 7.53. The van der Waals surface area contributed by atoms with Crippen LogP contribution < -0.4 is 5.32 Å². The molecule has 122 valence electrons. The zero-order valence-electron chi connectivity index (χ0n) is 13.6. The van der Waals surface area contributed by atoms with Crippen LogP contribution in [-0.2, 0) is 6.54 Å². The summed E-state index contributed by atoms with van der Waals surface area (Å²) in [5, 5.41) is 13.6. The first-order valence-electron chi connectivity index (χ1n) is 8.30. The Morgan fingerprint density at radius 2 is 2.09 bits per heavy atom. The third-order valence-electron chi connectivity index (χ3n) is 4.57. The molecule has 1 atom stereocenters. The summed E-state index contributed by atoms with van der Waals surface area (Å²) in [4.78, 5) is 10.6. The third kappa shape index (κ3) is 3.86. The quantitative estimate of drug-likeness (QED) is 0.858. The fraction of sp³-hybridized carbons (Fsp3) is 0.444. The first-order chi connectivity index (χ1) is 11.3. The van der Waals surface area contributed by atoms with Crippen molar-refractivity contribution in [2.24, 2.45) is 0 Å². The van der Waals surface area contributed by atoms with Gasteiger partial charge in [-0.15, -0.1) is 0 Å². The number of likely N-dealkylation sites (N-methyl/N-ethyl adjacent to an activating group) is 1. The molecule has 5 nitrogen and oxygen atoms in total. The van der Waals surface area contributed by atoms with E-state index in [1.807, 2.05) is 12.1 Å². The maximum absolute atomic E-state index is 10.1. The van der Waals surface area contributed by atoms with E-state index in [0.29, 0.717) is 18.3 Å². The minimum Gasteiger partial charge on any atom is -0.508 e. The van der Waals surface area contributed by atoms with Crippen LogP contribution in [0.4, 0.5) is 0 Å². The van der Waals surface area contributed by atoms with Gasteiger partial charge in [0.15, 0.2) is 0 Å². The van der Waals surface area contributed by atoms with Crippen LogP contribution in [0.2, 0.25) is 0 Å². The summed E-state index contributed by atoms with van der Waals surface area (Å²) in [6.45, 7) is 6.17. The third-order valence-corrected chi connectivity index (χ3v) is 4.57. The molecule has 0 saturated carbocycles. The number of phenolic OH excluding ortho intramolecular Hbond substituents is 1. The van der Waals surface area contributed by atoms with Gasteiger partial charge in [0.05, 0.1) is 0 Å². The van der Waals surface area contributed by atoms with Crippen molar-refractivity contribution < 1.29 is 5.11 Å². The Morgan fingerprint density at radius 3 is 2.87 bits per heavy atom.